The van der Waals surface area contributed by atoms with Gasteiger partial charge < -0.3 is 9.53 Å². The van der Waals surface area contributed by atoms with E-state index < -0.39 is 16.2 Å². The lowest BCUT2D eigenvalue weighted by Crippen LogP contribution is -2.66. The molecule has 0 spiro atoms. The number of esters is 1. The van der Waals surface area contributed by atoms with E-state index in [2.05, 4.69) is 39.5 Å². The zero-order chi connectivity index (χ0) is 28.3. The molecule has 5 aliphatic rings. The van der Waals surface area contributed by atoms with Crippen molar-refractivity contribution in [3.05, 3.63) is 34.3 Å². The molecule has 0 unspecified atom stereocenters. The highest BCUT2D eigenvalue weighted by Gasteiger charge is 2.71. The zero-order valence-corrected chi connectivity index (χ0v) is 24.8. The van der Waals surface area contributed by atoms with E-state index >= 15 is 0 Å². The first-order valence-corrected chi connectivity index (χ1v) is 14.5. The summed E-state index contributed by atoms with van der Waals surface area (Å²) in [6.07, 6.45) is 7.82. The third-order valence-corrected chi connectivity index (χ3v) is 13.1. The third-order valence-electron chi connectivity index (χ3n) is 13.1. The van der Waals surface area contributed by atoms with Crippen molar-refractivity contribution < 1.29 is 19.1 Å². The van der Waals surface area contributed by atoms with Gasteiger partial charge in [-0.05, 0) is 79.1 Å². The van der Waals surface area contributed by atoms with Crippen molar-refractivity contribution >= 4 is 17.5 Å². The van der Waals surface area contributed by atoms with E-state index in [4.69, 9.17) is 11.3 Å². The van der Waals surface area contributed by atoms with Gasteiger partial charge in [0, 0.05) is 16.7 Å². The molecule has 3 fully saturated rings. The molecule has 0 aromatic heterocycles. The molecular weight excluding hydrogens is 474 g/mol. The summed E-state index contributed by atoms with van der Waals surface area (Å²) in [6, 6.07) is 0. The lowest BCUT2D eigenvalue weighted by molar-refractivity contribution is -0.191. The molecule has 5 aliphatic carbocycles. The number of fused-ring (bicyclic) bond motifs is 7. The number of allylic oxidation sites excluding steroid dienone is 4. The number of carbonyl (C=O) groups excluding carboxylic acids is 3. The first-order valence-electron chi connectivity index (χ1n) is 14.5. The minimum atomic E-state index is -0.670. The van der Waals surface area contributed by atoms with Gasteiger partial charge in [0.2, 0.25) is 5.70 Å². The summed E-state index contributed by atoms with van der Waals surface area (Å²) in [7, 11) is 1.49. The van der Waals surface area contributed by atoms with Crippen molar-refractivity contribution in [2.24, 2.45) is 50.2 Å². The van der Waals surface area contributed by atoms with Crippen LogP contribution < -0.4 is 0 Å². The van der Waals surface area contributed by atoms with Crippen LogP contribution in [0, 0.1) is 56.8 Å². The minimum absolute atomic E-state index is 0.0339. The molecule has 0 aromatic rings. The first-order chi connectivity index (χ1) is 17.5. The highest BCUT2D eigenvalue weighted by atomic mass is 16.5. The van der Waals surface area contributed by atoms with E-state index in [-0.39, 0.29) is 57.2 Å². The molecule has 0 saturated heterocycles. The Balaban J connectivity index is 1.73. The second-order valence-electron chi connectivity index (χ2n) is 15.2. The number of carbonyl (C=O) groups is 3. The van der Waals surface area contributed by atoms with Gasteiger partial charge >= 0.3 is 5.97 Å². The van der Waals surface area contributed by atoms with Crippen molar-refractivity contribution in [3.63, 3.8) is 0 Å². The van der Waals surface area contributed by atoms with Gasteiger partial charge in [-0.15, -0.1) is 0 Å². The molecule has 0 aromatic carbocycles. The summed E-state index contributed by atoms with van der Waals surface area (Å²) in [5.41, 5.74) is -0.133. The van der Waals surface area contributed by atoms with Crippen LogP contribution in [-0.2, 0) is 19.1 Å². The standard InChI is InChI=1S/C33H45NO4/c1-19-25(34-9)26(36)29(4,5)22-11-12-30(6)23(32(19,22)8)17-21(35)24-20-18-28(2,3)13-15-33(20,27(37)38-10)16-14-31(24,30)7/h17,20,22,24H,11-16,18H2,1-8,10H3/t20-,22-,24-,30+,31+,32-,33-/m0/s1. The highest BCUT2D eigenvalue weighted by Crippen LogP contribution is 2.75. The predicted molar refractivity (Wildman–Crippen MR) is 147 cm³/mol. The van der Waals surface area contributed by atoms with Crippen LogP contribution in [0.5, 0.6) is 0 Å². The van der Waals surface area contributed by atoms with E-state index in [1.54, 1.807) is 0 Å². The van der Waals surface area contributed by atoms with Crippen LogP contribution in [-0.4, -0.2) is 24.6 Å². The molecule has 3 saturated carbocycles. The number of rotatable bonds is 1. The number of hydrogen-bond acceptors (Lipinski definition) is 4. The molecule has 0 N–H and O–H groups in total. The summed E-state index contributed by atoms with van der Waals surface area (Å²) >= 11 is 0. The summed E-state index contributed by atoms with van der Waals surface area (Å²) in [6.45, 7) is 25.2. The van der Waals surface area contributed by atoms with Gasteiger partial charge in [0.05, 0.1) is 19.1 Å². The van der Waals surface area contributed by atoms with Gasteiger partial charge in [0.1, 0.15) is 0 Å². The normalized spacial score (nSPS) is 45.1. The molecule has 0 bridgehead atoms. The Morgan fingerprint density at radius 1 is 1.00 bits per heavy atom. The molecule has 5 rings (SSSR count). The van der Waals surface area contributed by atoms with Crippen molar-refractivity contribution in [1.82, 2.24) is 0 Å². The summed E-state index contributed by atoms with van der Waals surface area (Å²) < 4.78 is 5.42. The van der Waals surface area contributed by atoms with Crippen LogP contribution in [0.15, 0.2) is 22.9 Å². The second kappa shape index (κ2) is 7.92. The lowest BCUT2D eigenvalue weighted by atomic mass is 9.33. The van der Waals surface area contributed by atoms with E-state index in [0.717, 1.165) is 56.1 Å². The maximum atomic E-state index is 14.5. The summed E-state index contributed by atoms with van der Waals surface area (Å²) in [5, 5.41) is 0. The molecule has 206 valence electrons. The molecule has 0 amide bonds. The van der Waals surface area contributed by atoms with Gasteiger partial charge in [-0.1, -0.05) is 66.5 Å². The monoisotopic (exact) mass is 519 g/mol. The number of Topliss-reactive ketones (excluding diaryl/α,β-unsaturated/α-hetero) is 1. The average molecular weight is 520 g/mol. The molecule has 0 radical (unpaired) electrons. The largest absolute Gasteiger partial charge is 0.469 e. The fourth-order valence-electron chi connectivity index (χ4n) is 10.5. The Hall–Kier alpha value is -2.22. The van der Waals surface area contributed by atoms with E-state index in [1.165, 1.54) is 7.11 Å². The fraction of sp³-hybridized carbons (Fsp3) is 0.758. The van der Waals surface area contributed by atoms with Crippen molar-refractivity contribution in [2.45, 2.75) is 100 Å². The van der Waals surface area contributed by atoms with Crippen LogP contribution in [0.25, 0.3) is 4.85 Å². The van der Waals surface area contributed by atoms with Gasteiger partial charge in [0.15, 0.2) is 11.6 Å². The van der Waals surface area contributed by atoms with E-state index in [1.807, 2.05) is 26.8 Å². The fourth-order valence-corrected chi connectivity index (χ4v) is 10.5. The maximum absolute atomic E-state index is 14.5. The van der Waals surface area contributed by atoms with Gasteiger partial charge in [0.25, 0.3) is 0 Å². The number of ether oxygens (including phenoxy) is 1. The van der Waals surface area contributed by atoms with Crippen LogP contribution in [0.3, 0.4) is 0 Å². The number of nitrogens with zero attached hydrogens (tertiary/aromatic N) is 1. The Bertz CT molecular complexity index is 1250. The number of hydrogen-bond donors (Lipinski definition) is 0. The van der Waals surface area contributed by atoms with Crippen LogP contribution in [0.4, 0.5) is 0 Å². The smallest absolute Gasteiger partial charge is 0.312 e. The molecule has 7 atom stereocenters. The molecule has 5 heteroatoms. The number of methoxy groups -OCH3 is 1. The van der Waals surface area contributed by atoms with Crippen molar-refractivity contribution in [3.8, 4) is 0 Å². The topological polar surface area (TPSA) is 64.8 Å². The number of ketones is 2. The molecule has 38 heavy (non-hydrogen) atoms. The average Bonchev–Trinajstić information content (AvgIpc) is 2.84. The SMILES string of the molecule is [C-]#[N+]C1=C(C)[C@]2(C)C3=CC(=O)[C@@H]4[C@@H]5CC(C)(C)CC[C@]5(C(=O)OC)CC[C@@]4(C)[C@]3(C)CC[C@H]2C(C)(C)C1=O. The lowest BCUT2D eigenvalue weighted by Gasteiger charge is -2.69. The highest BCUT2D eigenvalue weighted by molar-refractivity contribution is 6.04. The Morgan fingerprint density at radius 3 is 2.24 bits per heavy atom. The maximum Gasteiger partial charge on any atom is 0.312 e. The van der Waals surface area contributed by atoms with Gasteiger partial charge in [-0.3, -0.25) is 9.59 Å². The third kappa shape index (κ3) is 3.01. The zero-order valence-electron chi connectivity index (χ0n) is 24.8. The Kier molecular flexibility index (Phi) is 5.70. The first kappa shape index (κ1) is 27.4. The van der Waals surface area contributed by atoms with Gasteiger partial charge in [-0.25, -0.2) is 4.85 Å². The summed E-state index contributed by atoms with van der Waals surface area (Å²) in [5.74, 6) is -0.336. The van der Waals surface area contributed by atoms with Crippen LogP contribution >= 0.6 is 0 Å². The summed E-state index contributed by atoms with van der Waals surface area (Å²) in [4.78, 5) is 45.1. The van der Waals surface area contributed by atoms with E-state index in [9.17, 15) is 14.4 Å². The van der Waals surface area contributed by atoms with E-state index in [0.29, 0.717) is 0 Å². The molecule has 0 aliphatic heterocycles. The second-order valence-corrected chi connectivity index (χ2v) is 15.2. The Labute approximate surface area is 228 Å². The Morgan fingerprint density at radius 2 is 1.63 bits per heavy atom. The quantitative estimate of drug-likeness (QED) is 0.273. The minimum Gasteiger partial charge on any atom is -0.469 e. The van der Waals surface area contributed by atoms with Crippen molar-refractivity contribution in [2.75, 3.05) is 7.11 Å². The predicted octanol–water partition coefficient (Wildman–Crippen LogP) is 7.12. The van der Waals surface area contributed by atoms with Crippen LogP contribution in [0.1, 0.15) is 100 Å². The molecule has 0 heterocycles. The van der Waals surface area contributed by atoms with Gasteiger partial charge in [-0.2, -0.15) is 0 Å². The van der Waals surface area contributed by atoms with Crippen LogP contribution in [0.2, 0.25) is 0 Å². The molecule has 5 nitrogen and oxygen atoms in total. The molecular formula is C33H45NO4. The van der Waals surface area contributed by atoms with Crippen molar-refractivity contribution in [1.29, 1.82) is 0 Å².